The molecule has 1 aliphatic heterocycles. The molecule has 0 aliphatic carbocycles. The Morgan fingerprint density at radius 2 is 2.10 bits per heavy atom. The standard InChI is InChI=1S/C13H15BrN2O3S/c1-15(6-9-2-4-10(14)5-3-9)13(19)16-8-20-7-11(16)12(17)18/h2-5,11H,6-8H2,1H3,(H,17,18). The zero-order valence-corrected chi connectivity index (χ0v) is 13.4. The van der Waals surface area contributed by atoms with E-state index in [1.165, 1.54) is 16.7 Å². The van der Waals surface area contributed by atoms with Gasteiger partial charge in [-0.05, 0) is 17.7 Å². The van der Waals surface area contributed by atoms with Crippen LogP contribution in [0.15, 0.2) is 28.7 Å². The Morgan fingerprint density at radius 1 is 1.45 bits per heavy atom. The predicted molar refractivity (Wildman–Crippen MR) is 81.6 cm³/mol. The molecule has 1 fully saturated rings. The van der Waals surface area contributed by atoms with Gasteiger partial charge in [0, 0.05) is 23.8 Å². The number of carbonyl (C=O) groups excluding carboxylic acids is 1. The number of carboxylic acid groups (broad SMARTS) is 1. The number of carbonyl (C=O) groups is 2. The summed E-state index contributed by atoms with van der Waals surface area (Å²) in [6.45, 7) is 0.458. The number of rotatable bonds is 3. The maximum atomic E-state index is 12.3. The quantitative estimate of drug-likeness (QED) is 0.901. The largest absolute Gasteiger partial charge is 0.480 e. The van der Waals surface area contributed by atoms with Gasteiger partial charge in [-0.15, -0.1) is 11.8 Å². The Bertz CT molecular complexity index is 509. The highest BCUT2D eigenvalue weighted by atomic mass is 79.9. The van der Waals surface area contributed by atoms with E-state index in [1.54, 1.807) is 11.9 Å². The lowest BCUT2D eigenvalue weighted by atomic mass is 10.2. The van der Waals surface area contributed by atoms with E-state index in [4.69, 9.17) is 5.11 Å². The SMILES string of the molecule is CN(Cc1ccc(Br)cc1)C(=O)N1CSCC1C(=O)O. The van der Waals surface area contributed by atoms with Crippen LogP contribution in [0.2, 0.25) is 0 Å². The van der Waals surface area contributed by atoms with Crippen molar-refractivity contribution < 1.29 is 14.7 Å². The van der Waals surface area contributed by atoms with Gasteiger partial charge in [-0.25, -0.2) is 9.59 Å². The van der Waals surface area contributed by atoms with E-state index in [2.05, 4.69) is 15.9 Å². The number of benzene rings is 1. The number of nitrogens with zero attached hydrogens (tertiary/aromatic N) is 2. The smallest absolute Gasteiger partial charge is 0.327 e. The van der Waals surface area contributed by atoms with E-state index in [9.17, 15) is 9.59 Å². The molecule has 0 bridgehead atoms. The number of hydrogen-bond donors (Lipinski definition) is 1. The monoisotopic (exact) mass is 358 g/mol. The van der Waals surface area contributed by atoms with E-state index in [1.807, 2.05) is 24.3 Å². The van der Waals surface area contributed by atoms with E-state index in [0.29, 0.717) is 18.2 Å². The molecule has 1 saturated heterocycles. The Kier molecular flexibility index (Phi) is 4.93. The molecule has 20 heavy (non-hydrogen) atoms. The van der Waals surface area contributed by atoms with Gasteiger partial charge < -0.3 is 14.9 Å². The lowest BCUT2D eigenvalue weighted by Gasteiger charge is -2.27. The van der Waals surface area contributed by atoms with Crippen molar-refractivity contribution in [2.24, 2.45) is 0 Å². The molecule has 1 N–H and O–H groups in total. The predicted octanol–water partition coefficient (Wildman–Crippen LogP) is 2.46. The van der Waals surface area contributed by atoms with Crippen LogP contribution in [0, 0.1) is 0 Å². The fourth-order valence-corrected chi connectivity index (χ4v) is 3.39. The normalized spacial score (nSPS) is 18.1. The van der Waals surface area contributed by atoms with Gasteiger partial charge in [-0.3, -0.25) is 0 Å². The van der Waals surface area contributed by atoms with E-state index >= 15 is 0 Å². The van der Waals surface area contributed by atoms with Crippen molar-refractivity contribution >= 4 is 39.7 Å². The maximum Gasteiger partial charge on any atom is 0.327 e. The first kappa shape index (κ1) is 15.2. The zero-order valence-electron chi connectivity index (χ0n) is 11.0. The molecule has 1 aromatic carbocycles. The molecule has 5 nitrogen and oxygen atoms in total. The molecule has 1 aromatic rings. The Hall–Kier alpha value is -1.21. The molecular weight excluding hydrogens is 344 g/mol. The summed E-state index contributed by atoms with van der Waals surface area (Å²) in [6, 6.07) is 6.73. The third kappa shape index (κ3) is 3.46. The van der Waals surface area contributed by atoms with Crippen molar-refractivity contribution in [2.75, 3.05) is 18.7 Å². The van der Waals surface area contributed by atoms with Crippen molar-refractivity contribution in [3.05, 3.63) is 34.3 Å². The minimum atomic E-state index is -0.944. The number of urea groups is 1. The van der Waals surface area contributed by atoms with Crippen LogP contribution in [-0.2, 0) is 11.3 Å². The number of thioether (sulfide) groups is 1. The Morgan fingerprint density at radius 3 is 2.70 bits per heavy atom. The second-order valence-electron chi connectivity index (χ2n) is 4.59. The molecule has 1 aliphatic rings. The van der Waals surface area contributed by atoms with E-state index in [-0.39, 0.29) is 6.03 Å². The van der Waals surface area contributed by atoms with Crippen molar-refractivity contribution in [3.63, 3.8) is 0 Å². The average molecular weight is 359 g/mol. The maximum absolute atomic E-state index is 12.3. The fraction of sp³-hybridized carbons (Fsp3) is 0.385. The van der Waals surface area contributed by atoms with Crippen LogP contribution in [0.25, 0.3) is 0 Å². The van der Waals surface area contributed by atoms with Crippen molar-refractivity contribution in [2.45, 2.75) is 12.6 Å². The van der Waals surface area contributed by atoms with Crippen LogP contribution in [0.5, 0.6) is 0 Å². The summed E-state index contributed by atoms with van der Waals surface area (Å²) >= 11 is 4.83. The summed E-state index contributed by atoms with van der Waals surface area (Å²) < 4.78 is 0.983. The van der Waals surface area contributed by atoms with Gasteiger partial charge in [-0.1, -0.05) is 28.1 Å². The van der Waals surface area contributed by atoms with Gasteiger partial charge in [0.05, 0.1) is 5.88 Å². The van der Waals surface area contributed by atoms with Gasteiger partial charge in [0.2, 0.25) is 0 Å². The van der Waals surface area contributed by atoms with Crippen LogP contribution in [0.4, 0.5) is 4.79 Å². The van der Waals surface area contributed by atoms with Crippen molar-refractivity contribution in [1.82, 2.24) is 9.80 Å². The van der Waals surface area contributed by atoms with Gasteiger partial charge in [0.15, 0.2) is 0 Å². The van der Waals surface area contributed by atoms with Crippen LogP contribution < -0.4 is 0 Å². The summed E-state index contributed by atoms with van der Waals surface area (Å²) in [7, 11) is 1.69. The molecule has 0 saturated carbocycles. The molecule has 1 unspecified atom stereocenters. The first-order valence-corrected chi connectivity index (χ1v) is 8.00. The summed E-state index contributed by atoms with van der Waals surface area (Å²) in [5.41, 5.74) is 1.00. The van der Waals surface area contributed by atoms with Crippen LogP contribution >= 0.6 is 27.7 Å². The highest BCUT2D eigenvalue weighted by molar-refractivity contribution is 9.10. The molecule has 1 heterocycles. The fourth-order valence-electron chi connectivity index (χ4n) is 1.99. The van der Waals surface area contributed by atoms with E-state index < -0.39 is 12.0 Å². The second kappa shape index (κ2) is 6.49. The van der Waals surface area contributed by atoms with Crippen molar-refractivity contribution in [1.29, 1.82) is 0 Å². The molecule has 2 rings (SSSR count). The van der Waals surface area contributed by atoms with Gasteiger partial charge in [0.25, 0.3) is 0 Å². The summed E-state index contributed by atoms with van der Waals surface area (Å²) in [4.78, 5) is 26.4. The zero-order chi connectivity index (χ0) is 14.7. The average Bonchev–Trinajstić information content (AvgIpc) is 2.90. The molecule has 0 aromatic heterocycles. The number of amides is 2. The van der Waals surface area contributed by atoms with Crippen LogP contribution in [-0.4, -0.2) is 51.6 Å². The number of halogens is 1. The third-order valence-electron chi connectivity index (χ3n) is 3.07. The molecule has 108 valence electrons. The first-order valence-electron chi connectivity index (χ1n) is 6.06. The van der Waals surface area contributed by atoms with Gasteiger partial charge in [0.1, 0.15) is 6.04 Å². The Balaban J connectivity index is 2.01. The summed E-state index contributed by atoms with van der Waals surface area (Å²) in [6.07, 6.45) is 0. The molecular formula is C13H15BrN2O3S. The molecule has 0 radical (unpaired) electrons. The summed E-state index contributed by atoms with van der Waals surface area (Å²) in [5, 5.41) is 9.10. The molecule has 2 amide bonds. The highest BCUT2D eigenvalue weighted by Crippen LogP contribution is 2.23. The minimum Gasteiger partial charge on any atom is -0.480 e. The van der Waals surface area contributed by atoms with E-state index in [0.717, 1.165) is 10.0 Å². The molecule has 0 spiro atoms. The second-order valence-corrected chi connectivity index (χ2v) is 6.50. The Labute approximate surface area is 130 Å². The lowest BCUT2D eigenvalue weighted by Crippen LogP contribution is -2.47. The van der Waals surface area contributed by atoms with Crippen LogP contribution in [0.3, 0.4) is 0 Å². The minimum absolute atomic E-state index is 0.245. The number of carboxylic acids is 1. The van der Waals surface area contributed by atoms with Crippen molar-refractivity contribution in [3.8, 4) is 0 Å². The van der Waals surface area contributed by atoms with Crippen LogP contribution in [0.1, 0.15) is 5.56 Å². The lowest BCUT2D eigenvalue weighted by molar-refractivity contribution is -0.140. The van der Waals surface area contributed by atoms with Gasteiger partial charge in [-0.2, -0.15) is 0 Å². The first-order chi connectivity index (χ1) is 9.49. The molecule has 1 atom stereocenters. The number of hydrogen-bond acceptors (Lipinski definition) is 3. The molecule has 7 heteroatoms. The third-order valence-corrected chi connectivity index (χ3v) is 4.61. The highest BCUT2D eigenvalue weighted by Gasteiger charge is 2.35. The van der Waals surface area contributed by atoms with Gasteiger partial charge >= 0.3 is 12.0 Å². The topological polar surface area (TPSA) is 60.9 Å². The number of aliphatic carboxylic acids is 1. The summed E-state index contributed by atoms with van der Waals surface area (Å²) in [5.74, 6) is -0.0615.